The molecule has 1 aliphatic heterocycles. The van der Waals surface area contributed by atoms with Gasteiger partial charge in [-0.3, -0.25) is 0 Å². The van der Waals surface area contributed by atoms with E-state index >= 15 is 0 Å². The average Bonchev–Trinajstić information content (AvgIpc) is 2.39. The zero-order chi connectivity index (χ0) is 13.8. The fourth-order valence-electron chi connectivity index (χ4n) is 2.40. The summed E-state index contributed by atoms with van der Waals surface area (Å²) in [5, 5.41) is 9.08. The van der Waals surface area contributed by atoms with Crippen molar-refractivity contribution in [3.8, 4) is 0 Å². The highest BCUT2D eigenvalue weighted by atomic mass is 79.9. The number of anilines is 1. The molecule has 1 N–H and O–H groups in total. The molecule has 2 rings (SSSR count). The number of piperidine rings is 1. The standard InChI is InChI=1S/C14H18BrNO3/c1-2-19-13-3-5-16(6-4-13)12-8-10(14(17)18)7-11(15)9-12/h7-9,13H,2-6H2,1H3,(H,17,18). The molecular weight excluding hydrogens is 310 g/mol. The molecule has 0 unspecified atom stereocenters. The Morgan fingerprint density at radius 2 is 2.11 bits per heavy atom. The largest absolute Gasteiger partial charge is 0.478 e. The first kappa shape index (κ1) is 14.3. The molecule has 0 radical (unpaired) electrons. The van der Waals surface area contributed by atoms with Crippen molar-refractivity contribution < 1.29 is 14.6 Å². The molecule has 1 aromatic carbocycles. The van der Waals surface area contributed by atoms with Gasteiger partial charge in [-0.2, -0.15) is 0 Å². The molecule has 5 heteroatoms. The summed E-state index contributed by atoms with van der Waals surface area (Å²) in [7, 11) is 0. The van der Waals surface area contributed by atoms with E-state index < -0.39 is 5.97 Å². The van der Waals surface area contributed by atoms with Crippen LogP contribution in [-0.4, -0.2) is 36.9 Å². The number of nitrogens with zero attached hydrogens (tertiary/aromatic N) is 1. The fourth-order valence-corrected chi connectivity index (χ4v) is 2.88. The number of benzene rings is 1. The highest BCUT2D eigenvalue weighted by Crippen LogP contribution is 2.26. The van der Waals surface area contributed by atoms with Crippen molar-refractivity contribution in [2.75, 3.05) is 24.6 Å². The molecule has 1 fully saturated rings. The first-order chi connectivity index (χ1) is 9.10. The summed E-state index contributed by atoms with van der Waals surface area (Å²) in [6.07, 6.45) is 2.32. The number of hydrogen-bond acceptors (Lipinski definition) is 3. The molecule has 0 atom stereocenters. The molecule has 104 valence electrons. The third-order valence-electron chi connectivity index (χ3n) is 3.34. The SMILES string of the molecule is CCOC1CCN(c2cc(Br)cc(C(=O)O)c2)CC1. The molecule has 0 amide bonds. The topological polar surface area (TPSA) is 49.8 Å². The number of hydrogen-bond donors (Lipinski definition) is 1. The molecule has 19 heavy (non-hydrogen) atoms. The van der Waals surface area contributed by atoms with Gasteiger partial charge in [-0.1, -0.05) is 15.9 Å². The van der Waals surface area contributed by atoms with Gasteiger partial charge in [0.05, 0.1) is 11.7 Å². The van der Waals surface area contributed by atoms with Crippen LogP contribution < -0.4 is 4.90 Å². The number of carboxylic acid groups (broad SMARTS) is 1. The molecule has 1 aromatic rings. The second kappa shape index (κ2) is 6.39. The Hall–Kier alpha value is -1.07. The van der Waals surface area contributed by atoms with Gasteiger partial charge in [0, 0.05) is 29.9 Å². The van der Waals surface area contributed by atoms with Crippen LogP contribution in [0.3, 0.4) is 0 Å². The van der Waals surface area contributed by atoms with Crippen molar-refractivity contribution in [2.45, 2.75) is 25.9 Å². The lowest BCUT2D eigenvalue weighted by Crippen LogP contribution is -2.37. The van der Waals surface area contributed by atoms with E-state index in [0.717, 1.165) is 42.7 Å². The van der Waals surface area contributed by atoms with Crippen molar-refractivity contribution in [3.63, 3.8) is 0 Å². The Balaban J connectivity index is 2.09. The van der Waals surface area contributed by atoms with Gasteiger partial charge in [0.15, 0.2) is 0 Å². The number of rotatable bonds is 4. The second-order valence-corrected chi connectivity index (χ2v) is 5.56. The summed E-state index contributed by atoms with van der Waals surface area (Å²) >= 11 is 3.37. The highest BCUT2D eigenvalue weighted by Gasteiger charge is 2.20. The quantitative estimate of drug-likeness (QED) is 0.922. The lowest BCUT2D eigenvalue weighted by atomic mass is 10.1. The van der Waals surface area contributed by atoms with Crippen LogP contribution in [0.1, 0.15) is 30.1 Å². The first-order valence-corrected chi connectivity index (χ1v) is 7.30. The van der Waals surface area contributed by atoms with E-state index in [9.17, 15) is 4.79 Å². The van der Waals surface area contributed by atoms with Crippen LogP contribution in [0.2, 0.25) is 0 Å². The number of halogens is 1. The van der Waals surface area contributed by atoms with Gasteiger partial charge >= 0.3 is 5.97 Å². The minimum Gasteiger partial charge on any atom is -0.478 e. The average molecular weight is 328 g/mol. The summed E-state index contributed by atoms with van der Waals surface area (Å²) in [6, 6.07) is 5.32. The summed E-state index contributed by atoms with van der Waals surface area (Å²) in [4.78, 5) is 13.3. The van der Waals surface area contributed by atoms with E-state index in [-0.39, 0.29) is 0 Å². The molecule has 0 aromatic heterocycles. The maximum atomic E-state index is 11.1. The normalized spacial score (nSPS) is 16.6. The minimum atomic E-state index is -0.897. The van der Waals surface area contributed by atoms with E-state index in [1.807, 2.05) is 13.0 Å². The van der Waals surface area contributed by atoms with Crippen molar-refractivity contribution in [1.82, 2.24) is 0 Å². The first-order valence-electron chi connectivity index (χ1n) is 6.50. The summed E-state index contributed by atoms with van der Waals surface area (Å²) in [6.45, 7) is 4.57. The lowest BCUT2D eigenvalue weighted by molar-refractivity contribution is 0.0459. The molecular formula is C14H18BrNO3. The molecule has 1 aliphatic rings. The van der Waals surface area contributed by atoms with Crippen LogP contribution in [0, 0.1) is 0 Å². The number of carboxylic acids is 1. The van der Waals surface area contributed by atoms with Crippen LogP contribution in [0.25, 0.3) is 0 Å². The van der Waals surface area contributed by atoms with Crippen LogP contribution >= 0.6 is 15.9 Å². The molecule has 1 saturated heterocycles. The van der Waals surface area contributed by atoms with Gasteiger partial charge in [0.25, 0.3) is 0 Å². The van der Waals surface area contributed by atoms with Crippen molar-refractivity contribution in [2.24, 2.45) is 0 Å². The molecule has 0 aliphatic carbocycles. The Morgan fingerprint density at radius 1 is 1.42 bits per heavy atom. The van der Waals surface area contributed by atoms with Gasteiger partial charge in [0.1, 0.15) is 0 Å². The Kier molecular flexibility index (Phi) is 4.82. The van der Waals surface area contributed by atoms with Crippen molar-refractivity contribution in [1.29, 1.82) is 0 Å². The zero-order valence-electron chi connectivity index (χ0n) is 10.9. The van der Waals surface area contributed by atoms with Crippen LogP contribution in [-0.2, 0) is 4.74 Å². The lowest BCUT2D eigenvalue weighted by Gasteiger charge is -2.33. The summed E-state index contributed by atoms with van der Waals surface area (Å²) in [5.41, 5.74) is 1.28. The molecule has 1 heterocycles. The zero-order valence-corrected chi connectivity index (χ0v) is 12.5. The number of aromatic carboxylic acids is 1. The van der Waals surface area contributed by atoms with Crippen LogP contribution in [0.5, 0.6) is 0 Å². The summed E-state index contributed by atoms with van der Waals surface area (Å²) in [5.74, 6) is -0.897. The third-order valence-corrected chi connectivity index (χ3v) is 3.80. The van der Waals surface area contributed by atoms with Gasteiger partial charge in [0.2, 0.25) is 0 Å². The maximum Gasteiger partial charge on any atom is 0.335 e. The van der Waals surface area contributed by atoms with Gasteiger partial charge in [-0.15, -0.1) is 0 Å². The van der Waals surface area contributed by atoms with E-state index in [1.54, 1.807) is 12.1 Å². The maximum absolute atomic E-state index is 11.1. The number of ether oxygens (including phenoxy) is 1. The second-order valence-electron chi connectivity index (χ2n) is 4.65. The fraction of sp³-hybridized carbons (Fsp3) is 0.500. The third kappa shape index (κ3) is 3.70. The van der Waals surface area contributed by atoms with Crippen molar-refractivity contribution in [3.05, 3.63) is 28.2 Å². The Bertz CT molecular complexity index is 456. The van der Waals surface area contributed by atoms with Gasteiger partial charge in [-0.25, -0.2) is 4.79 Å². The predicted octanol–water partition coefficient (Wildman–Crippen LogP) is 3.15. The van der Waals surface area contributed by atoms with Gasteiger partial charge < -0.3 is 14.7 Å². The molecule has 0 bridgehead atoms. The molecule has 0 spiro atoms. The van der Waals surface area contributed by atoms with E-state index in [2.05, 4.69) is 20.8 Å². The van der Waals surface area contributed by atoms with E-state index in [1.165, 1.54) is 0 Å². The smallest absolute Gasteiger partial charge is 0.335 e. The molecule has 0 saturated carbocycles. The van der Waals surface area contributed by atoms with Crippen molar-refractivity contribution >= 4 is 27.6 Å². The van der Waals surface area contributed by atoms with E-state index in [4.69, 9.17) is 9.84 Å². The van der Waals surface area contributed by atoms with Crippen LogP contribution in [0.4, 0.5) is 5.69 Å². The number of carbonyl (C=O) groups is 1. The predicted molar refractivity (Wildman–Crippen MR) is 78.0 cm³/mol. The Labute approximate surface area is 121 Å². The monoisotopic (exact) mass is 327 g/mol. The molecule has 4 nitrogen and oxygen atoms in total. The van der Waals surface area contributed by atoms with Gasteiger partial charge in [-0.05, 0) is 38.0 Å². The van der Waals surface area contributed by atoms with E-state index in [0.29, 0.717) is 11.7 Å². The highest BCUT2D eigenvalue weighted by molar-refractivity contribution is 9.10. The minimum absolute atomic E-state index is 0.316. The summed E-state index contributed by atoms with van der Waals surface area (Å²) < 4.78 is 6.42. The Morgan fingerprint density at radius 3 is 2.68 bits per heavy atom. The van der Waals surface area contributed by atoms with Crippen LogP contribution in [0.15, 0.2) is 22.7 Å².